The van der Waals surface area contributed by atoms with E-state index in [1.807, 2.05) is 13.0 Å². The normalized spacial score (nSPS) is 13.3. The zero-order valence-corrected chi connectivity index (χ0v) is 11.3. The summed E-state index contributed by atoms with van der Waals surface area (Å²) < 4.78 is 0. The summed E-state index contributed by atoms with van der Waals surface area (Å²) in [7, 11) is 0. The fraction of sp³-hybridized carbons (Fsp3) is 0.267. The molecule has 5 nitrogen and oxygen atoms in total. The number of carbonyl (C=O) groups excluding carboxylic acids is 1. The third kappa shape index (κ3) is 3.12. The number of rotatable bonds is 6. The Morgan fingerprint density at radius 2 is 1.85 bits per heavy atom. The molecule has 1 aromatic rings. The molecule has 0 saturated heterocycles. The van der Waals surface area contributed by atoms with Gasteiger partial charge in [0.15, 0.2) is 5.78 Å². The molecule has 1 unspecified atom stereocenters. The number of ketones is 1. The maximum atomic E-state index is 12.1. The van der Waals surface area contributed by atoms with Crippen LogP contribution in [0.4, 0.5) is 0 Å². The number of aliphatic carboxylic acids is 2. The van der Waals surface area contributed by atoms with Crippen LogP contribution < -0.4 is 0 Å². The first-order valence-corrected chi connectivity index (χ1v) is 5.94. The lowest BCUT2D eigenvalue weighted by Gasteiger charge is -2.24. The largest absolute Gasteiger partial charge is 0.481 e. The number of hydrogen-bond acceptors (Lipinski definition) is 3. The minimum Gasteiger partial charge on any atom is -0.481 e. The Labute approximate surface area is 116 Å². The van der Waals surface area contributed by atoms with Gasteiger partial charge >= 0.3 is 11.9 Å². The summed E-state index contributed by atoms with van der Waals surface area (Å²) in [6.07, 6.45) is -0.448. The maximum absolute atomic E-state index is 12.1. The van der Waals surface area contributed by atoms with E-state index in [-0.39, 0.29) is 0 Å². The summed E-state index contributed by atoms with van der Waals surface area (Å²) >= 11 is 0. The van der Waals surface area contributed by atoms with Crippen molar-refractivity contribution in [3.8, 4) is 0 Å². The van der Waals surface area contributed by atoms with Gasteiger partial charge in [-0.2, -0.15) is 0 Å². The third-order valence-corrected chi connectivity index (χ3v) is 3.25. The number of carboxylic acid groups (broad SMARTS) is 2. The average Bonchev–Trinajstić information content (AvgIpc) is 2.37. The Hall–Kier alpha value is -2.43. The zero-order chi connectivity index (χ0) is 15.5. The van der Waals surface area contributed by atoms with Crippen LogP contribution in [0, 0.1) is 12.3 Å². The molecule has 2 N–H and O–H groups in total. The molecule has 0 spiro atoms. The van der Waals surface area contributed by atoms with Crippen molar-refractivity contribution in [3.63, 3.8) is 0 Å². The second-order valence-electron chi connectivity index (χ2n) is 4.89. The Morgan fingerprint density at radius 1 is 1.25 bits per heavy atom. The Morgan fingerprint density at radius 3 is 2.30 bits per heavy atom. The SMILES string of the molecule is C=C(C(=O)O)C(C)(CC(=O)c1cccc(C)c1)C(=O)O. The highest BCUT2D eigenvalue weighted by Crippen LogP contribution is 2.32. The van der Waals surface area contributed by atoms with Crippen molar-refractivity contribution in [3.05, 3.63) is 47.5 Å². The maximum Gasteiger partial charge on any atom is 0.332 e. The monoisotopic (exact) mass is 276 g/mol. The average molecular weight is 276 g/mol. The van der Waals surface area contributed by atoms with Crippen LogP contribution in [0.25, 0.3) is 0 Å². The molecule has 1 aromatic carbocycles. The molecular weight excluding hydrogens is 260 g/mol. The molecule has 0 bridgehead atoms. The van der Waals surface area contributed by atoms with Gasteiger partial charge in [0.25, 0.3) is 0 Å². The smallest absolute Gasteiger partial charge is 0.332 e. The van der Waals surface area contributed by atoms with E-state index in [1.165, 1.54) is 6.92 Å². The van der Waals surface area contributed by atoms with Crippen LogP contribution in [0.1, 0.15) is 29.3 Å². The van der Waals surface area contributed by atoms with Gasteiger partial charge in [-0.05, 0) is 19.9 Å². The third-order valence-electron chi connectivity index (χ3n) is 3.25. The van der Waals surface area contributed by atoms with Crippen molar-refractivity contribution in [2.75, 3.05) is 0 Å². The first kappa shape index (κ1) is 15.6. The van der Waals surface area contributed by atoms with Gasteiger partial charge in [-0.1, -0.05) is 30.3 Å². The molecule has 0 aliphatic rings. The number of carbonyl (C=O) groups is 3. The van der Waals surface area contributed by atoms with Crippen LogP contribution in [-0.4, -0.2) is 27.9 Å². The summed E-state index contributed by atoms with van der Waals surface area (Å²) in [5.74, 6) is -3.24. The molecule has 106 valence electrons. The highest BCUT2D eigenvalue weighted by Gasteiger charge is 2.41. The van der Waals surface area contributed by atoms with Crippen LogP contribution in [-0.2, 0) is 9.59 Å². The highest BCUT2D eigenvalue weighted by atomic mass is 16.4. The number of carboxylic acids is 2. The topological polar surface area (TPSA) is 91.7 Å². The van der Waals surface area contributed by atoms with Gasteiger partial charge in [-0.3, -0.25) is 9.59 Å². The standard InChI is InChI=1S/C15H16O5/c1-9-5-4-6-11(7-9)12(16)8-15(3,14(19)20)10(2)13(17)18/h4-7H,2,8H2,1,3H3,(H,17,18)(H,19,20). The van der Waals surface area contributed by atoms with Crippen molar-refractivity contribution in [1.82, 2.24) is 0 Å². The second kappa shape index (κ2) is 5.69. The lowest BCUT2D eigenvalue weighted by atomic mass is 9.77. The van der Waals surface area contributed by atoms with Crippen LogP contribution >= 0.6 is 0 Å². The van der Waals surface area contributed by atoms with E-state index in [1.54, 1.807) is 18.2 Å². The first-order chi connectivity index (χ1) is 9.18. The molecule has 0 heterocycles. The van der Waals surface area contributed by atoms with Crippen LogP contribution in [0.3, 0.4) is 0 Å². The fourth-order valence-corrected chi connectivity index (χ4v) is 1.79. The number of hydrogen-bond donors (Lipinski definition) is 2. The van der Waals surface area contributed by atoms with Gasteiger partial charge in [0.05, 0.1) is 0 Å². The minimum absolute atomic E-state index is 0.357. The molecule has 0 aliphatic carbocycles. The van der Waals surface area contributed by atoms with E-state index in [2.05, 4.69) is 6.58 Å². The molecule has 1 rings (SSSR count). The van der Waals surface area contributed by atoms with Gasteiger partial charge in [0.2, 0.25) is 0 Å². The summed E-state index contributed by atoms with van der Waals surface area (Å²) in [5, 5.41) is 18.1. The van der Waals surface area contributed by atoms with E-state index in [9.17, 15) is 19.5 Å². The number of Topliss-reactive ketones (excluding diaryl/α,β-unsaturated/α-hetero) is 1. The summed E-state index contributed by atoms with van der Waals surface area (Å²) in [6.45, 7) is 6.28. The lowest BCUT2D eigenvalue weighted by molar-refractivity contribution is -0.149. The van der Waals surface area contributed by atoms with Crippen LogP contribution in [0.15, 0.2) is 36.4 Å². The summed E-state index contributed by atoms with van der Waals surface area (Å²) in [5.41, 5.74) is -1.11. The predicted molar refractivity (Wildman–Crippen MR) is 72.6 cm³/mol. The van der Waals surface area contributed by atoms with E-state index in [4.69, 9.17) is 5.11 Å². The molecule has 0 saturated carbocycles. The lowest BCUT2D eigenvalue weighted by Crippen LogP contribution is -2.35. The summed E-state index contributed by atoms with van der Waals surface area (Å²) in [6, 6.07) is 6.70. The van der Waals surface area contributed by atoms with Gasteiger partial charge < -0.3 is 10.2 Å². The molecule has 5 heteroatoms. The molecule has 1 atom stereocenters. The van der Waals surface area contributed by atoms with Crippen molar-refractivity contribution < 1.29 is 24.6 Å². The Kier molecular flexibility index (Phi) is 4.45. The first-order valence-electron chi connectivity index (χ1n) is 5.94. The van der Waals surface area contributed by atoms with E-state index in [0.29, 0.717) is 5.56 Å². The van der Waals surface area contributed by atoms with Crippen LogP contribution in [0.2, 0.25) is 0 Å². The fourth-order valence-electron chi connectivity index (χ4n) is 1.79. The quantitative estimate of drug-likeness (QED) is 0.614. The van der Waals surface area contributed by atoms with E-state index in [0.717, 1.165) is 5.56 Å². The van der Waals surface area contributed by atoms with Gasteiger partial charge in [0.1, 0.15) is 5.41 Å². The molecule has 0 aromatic heterocycles. The van der Waals surface area contributed by atoms with Crippen molar-refractivity contribution in [1.29, 1.82) is 0 Å². The van der Waals surface area contributed by atoms with Gasteiger partial charge in [0, 0.05) is 17.6 Å². The van der Waals surface area contributed by atoms with E-state index < -0.39 is 35.1 Å². The molecular formula is C15H16O5. The summed E-state index contributed by atoms with van der Waals surface area (Å²) in [4.78, 5) is 34.4. The zero-order valence-electron chi connectivity index (χ0n) is 11.3. The predicted octanol–water partition coefficient (Wildman–Crippen LogP) is 2.30. The van der Waals surface area contributed by atoms with Gasteiger partial charge in [-0.25, -0.2) is 4.79 Å². The second-order valence-corrected chi connectivity index (χ2v) is 4.89. The minimum atomic E-state index is -1.83. The Balaban J connectivity index is 3.09. The van der Waals surface area contributed by atoms with E-state index >= 15 is 0 Å². The molecule has 0 aliphatic heterocycles. The number of benzene rings is 1. The molecule has 20 heavy (non-hydrogen) atoms. The molecule has 0 radical (unpaired) electrons. The van der Waals surface area contributed by atoms with Crippen molar-refractivity contribution >= 4 is 17.7 Å². The van der Waals surface area contributed by atoms with Crippen molar-refractivity contribution in [2.45, 2.75) is 20.3 Å². The molecule has 0 fully saturated rings. The van der Waals surface area contributed by atoms with Crippen molar-refractivity contribution in [2.24, 2.45) is 5.41 Å². The highest BCUT2D eigenvalue weighted by molar-refractivity contribution is 6.03. The molecule has 0 amide bonds. The Bertz CT molecular complexity index is 588. The number of aryl methyl sites for hydroxylation is 1. The van der Waals surface area contributed by atoms with Crippen LogP contribution in [0.5, 0.6) is 0 Å². The van der Waals surface area contributed by atoms with Gasteiger partial charge in [-0.15, -0.1) is 0 Å².